The van der Waals surface area contributed by atoms with Gasteiger partial charge in [0, 0.05) is 42.8 Å². The zero-order valence-corrected chi connectivity index (χ0v) is 16.4. The van der Waals surface area contributed by atoms with Gasteiger partial charge in [0.25, 0.3) is 0 Å². The highest BCUT2D eigenvalue weighted by Gasteiger charge is 2.23. The number of halogens is 1. The minimum atomic E-state index is -0.107. The quantitative estimate of drug-likeness (QED) is 0.701. The molecule has 142 valence electrons. The predicted molar refractivity (Wildman–Crippen MR) is 109 cm³/mol. The van der Waals surface area contributed by atoms with Crippen LogP contribution in [0.2, 0.25) is 5.02 Å². The molecule has 0 bridgehead atoms. The highest BCUT2D eigenvalue weighted by atomic mass is 35.5. The van der Waals surface area contributed by atoms with Crippen LogP contribution in [0.15, 0.2) is 29.9 Å². The number of nitriles is 1. The third-order valence-electron chi connectivity index (χ3n) is 4.58. The second-order valence-corrected chi connectivity index (χ2v) is 7.62. The van der Waals surface area contributed by atoms with Crippen LogP contribution in [0.1, 0.15) is 5.56 Å². The van der Waals surface area contributed by atoms with Crippen LogP contribution < -0.4 is 10.2 Å². The lowest BCUT2D eigenvalue weighted by Gasteiger charge is -2.36. The van der Waals surface area contributed by atoms with Crippen molar-refractivity contribution >= 4 is 50.6 Å². The summed E-state index contributed by atoms with van der Waals surface area (Å²) in [5.74, 6) is -0.107. The number of aromatic nitrogens is 3. The lowest BCUT2D eigenvalue weighted by molar-refractivity contribution is -0.117. The van der Waals surface area contributed by atoms with E-state index in [4.69, 9.17) is 11.6 Å². The van der Waals surface area contributed by atoms with Crippen LogP contribution >= 0.6 is 22.9 Å². The summed E-state index contributed by atoms with van der Waals surface area (Å²) in [7, 11) is 0. The first-order chi connectivity index (χ1) is 13.6. The van der Waals surface area contributed by atoms with E-state index in [0.29, 0.717) is 48.4 Å². The normalized spacial score (nSPS) is 14.8. The number of fused-ring (bicyclic) bond motifs is 1. The second kappa shape index (κ2) is 8.06. The van der Waals surface area contributed by atoms with Gasteiger partial charge in [0.1, 0.15) is 11.6 Å². The van der Waals surface area contributed by atoms with Crippen molar-refractivity contribution in [3.05, 3.63) is 40.5 Å². The van der Waals surface area contributed by atoms with Crippen molar-refractivity contribution in [3.8, 4) is 6.07 Å². The Morgan fingerprint density at radius 2 is 2.14 bits per heavy atom. The molecule has 1 amide bonds. The van der Waals surface area contributed by atoms with Crippen LogP contribution in [-0.2, 0) is 4.79 Å². The molecule has 0 spiro atoms. The standard InChI is InChI=1S/C18H16ClN7OS/c19-13-1-2-15-14(7-13)17(12(8-20)9-21-15)26-5-3-25(4-6-26)10-16(27)23-18-24-22-11-28-18/h1-2,7,9,11H,3-6,10H2,(H,23,24,27). The molecule has 0 saturated carbocycles. The molecule has 10 heteroatoms. The number of hydrogen-bond donors (Lipinski definition) is 1. The maximum absolute atomic E-state index is 12.1. The molecule has 0 radical (unpaired) electrons. The number of piperazine rings is 1. The zero-order chi connectivity index (χ0) is 19.5. The molecule has 0 unspecified atom stereocenters. The molecule has 28 heavy (non-hydrogen) atoms. The average Bonchev–Trinajstić information content (AvgIpc) is 3.20. The van der Waals surface area contributed by atoms with E-state index >= 15 is 0 Å². The van der Waals surface area contributed by atoms with Gasteiger partial charge in [-0.3, -0.25) is 20.0 Å². The highest BCUT2D eigenvalue weighted by molar-refractivity contribution is 7.13. The summed E-state index contributed by atoms with van der Waals surface area (Å²) in [6, 6.07) is 7.74. The summed E-state index contributed by atoms with van der Waals surface area (Å²) < 4.78 is 0. The fourth-order valence-electron chi connectivity index (χ4n) is 3.29. The van der Waals surface area contributed by atoms with Crippen LogP contribution in [0.3, 0.4) is 0 Å². The van der Waals surface area contributed by atoms with E-state index in [1.54, 1.807) is 17.8 Å². The van der Waals surface area contributed by atoms with Crippen molar-refractivity contribution in [1.82, 2.24) is 20.1 Å². The van der Waals surface area contributed by atoms with Gasteiger partial charge in [-0.2, -0.15) is 5.26 Å². The summed E-state index contributed by atoms with van der Waals surface area (Å²) in [4.78, 5) is 20.7. The van der Waals surface area contributed by atoms with E-state index in [2.05, 4.69) is 36.4 Å². The van der Waals surface area contributed by atoms with Gasteiger partial charge in [-0.1, -0.05) is 22.9 Å². The number of anilines is 2. The Balaban J connectivity index is 1.47. The van der Waals surface area contributed by atoms with Crippen LogP contribution in [0.4, 0.5) is 10.8 Å². The maximum Gasteiger partial charge on any atom is 0.240 e. The molecule has 1 aromatic carbocycles. The molecule has 8 nitrogen and oxygen atoms in total. The van der Waals surface area contributed by atoms with Crippen molar-refractivity contribution in [2.75, 3.05) is 42.9 Å². The van der Waals surface area contributed by atoms with Crippen molar-refractivity contribution in [2.45, 2.75) is 0 Å². The Kier molecular flexibility index (Phi) is 5.34. The number of nitrogens with one attached hydrogen (secondary N) is 1. The first kappa shape index (κ1) is 18.6. The minimum absolute atomic E-state index is 0.107. The Morgan fingerprint density at radius 3 is 2.86 bits per heavy atom. The highest BCUT2D eigenvalue weighted by Crippen LogP contribution is 2.31. The number of rotatable bonds is 4. The first-order valence-electron chi connectivity index (χ1n) is 8.66. The lowest BCUT2D eigenvalue weighted by Crippen LogP contribution is -2.49. The zero-order valence-electron chi connectivity index (χ0n) is 14.8. The predicted octanol–water partition coefficient (Wildman–Crippen LogP) is 2.37. The topological polar surface area (TPSA) is 98.0 Å². The number of hydrogen-bond acceptors (Lipinski definition) is 8. The van der Waals surface area contributed by atoms with Crippen LogP contribution in [0.5, 0.6) is 0 Å². The number of amides is 1. The van der Waals surface area contributed by atoms with Crippen molar-refractivity contribution < 1.29 is 4.79 Å². The van der Waals surface area contributed by atoms with E-state index in [1.807, 2.05) is 12.1 Å². The third kappa shape index (κ3) is 3.89. The van der Waals surface area contributed by atoms with E-state index in [1.165, 1.54) is 11.3 Å². The molecular formula is C18H16ClN7OS. The molecule has 0 aliphatic carbocycles. The first-order valence-corrected chi connectivity index (χ1v) is 9.91. The van der Waals surface area contributed by atoms with Gasteiger partial charge in [0.05, 0.1) is 23.3 Å². The van der Waals surface area contributed by atoms with Crippen LogP contribution in [-0.4, -0.2) is 58.7 Å². The summed E-state index contributed by atoms with van der Waals surface area (Å²) in [6.45, 7) is 3.11. The molecule has 3 heterocycles. The molecule has 1 aliphatic rings. The molecule has 1 saturated heterocycles. The summed E-state index contributed by atoms with van der Waals surface area (Å²) in [5.41, 5.74) is 3.76. The van der Waals surface area contributed by atoms with Gasteiger partial charge in [0.2, 0.25) is 11.0 Å². The Bertz CT molecular complexity index is 1040. The molecular weight excluding hydrogens is 398 g/mol. The summed E-state index contributed by atoms with van der Waals surface area (Å²) >= 11 is 7.46. The smallest absolute Gasteiger partial charge is 0.240 e. The fourth-order valence-corrected chi connectivity index (χ4v) is 3.93. The molecule has 4 rings (SSSR count). The monoisotopic (exact) mass is 413 g/mol. The van der Waals surface area contributed by atoms with Gasteiger partial charge in [-0.05, 0) is 18.2 Å². The van der Waals surface area contributed by atoms with E-state index in [-0.39, 0.29) is 5.91 Å². The summed E-state index contributed by atoms with van der Waals surface area (Å²) in [6.07, 6.45) is 1.60. The van der Waals surface area contributed by atoms with Gasteiger partial charge in [-0.25, -0.2) is 0 Å². The van der Waals surface area contributed by atoms with E-state index < -0.39 is 0 Å². The second-order valence-electron chi connectivity index (χ2n) is 6.35. The van der Waals surface area contributed by atoms with Gasteiger partial charge >= 0.3 is 0 Å². The number of carbonyl (C=O) groups is 1. The van der Waals surface area contributed by atoms with Crippen LogP contribution in [0.25, 0.3) is 10.9 Å². The Morgan fingerprint density at radius 1 is 1.32 bits per heavy atom. The van der Waals surface area contributed by atoms with E-state index in [0.717, 1.165) is 16.6 Å². The molecule has 3 aromatic rings. The Hall–Kier alpha value is -2.80. The van der Waals surface area contributed by atoms with E-state index in [9.17, 15) is 10.1 Å². The minimum Gasteiger partial charge on any atom is -0.367 e. The molecule has 1 fully saturated rings. The fraction of sp³-hybridized carbons (Fsp3) is 0.278. The molecule has 2 aromatic heterocycles. The number of carbonyl (C=O) groups excluding carboxylic acids is 1. The maximum atomic E-state index is 12.1. The molecule has 1 N–H and O–H groups in total. The average molecular weight is 414 g/mol. The number of pyridine rings is 1. The van der Waals surface area contributed by atoms with Gasteiger partial charge in [-0.15, -0.1) is 10.2 Å². The van der Waals surface area contributed by atoms with Crippen LogP contribution in [0, 0.1) is 11.3 Å². The van der Waals surface area contributed by atoms with Gasteiger partial charge < -0.3 is 4.90 Å². The third-order valence-corrected chi connectivity index (χ3v) is 5.43. The molecule has 0 atom stereocenters. The molecule has 1 aliphatic heterocycles. The largest absolute Gasteiger partial charge is 0.367 e. The van der Waals surface area contributed by atoms with Crippen molar-refractivity contribution in [1.29, 1.82) is 5.26 Å². The number of nitrogens with zero attached hydrogens (tertiary/aromatic N) is 6. The summed E-state index contributed by atoms with van der Waals surface area (Å²) in [5, 5.41) is 21.8. The van der Waals surface area contributed by atoms with Crippen molar-refractivity contribution in [3.63, 3.8) is 0 Å². The van der Waals surface area contributed by atoms with Gasteiger partial charge in [0.15, 0.2) is 0 Å². The Labute approximate surface area is 170 Å². The lowest BCUT2D eigenvalue weighted by atomic mass is 10.1. The number of benzene rings is 1. The van der Waals surface area contributed by atoms with Crippen molar-refractivity contribution in [2.24, 2.45) is 0 Å². The SMILES string of the molecule is N#Cc1cnc2ccc(Cl)cc2c1N1CCN(CC(=O)Nc2nncs2)CC1.